The van der Waals surface area contributed by atoms with E-state index in [-0.39, 0.29) is 0 Å². The largest absolute Gasteiger partial charge is 0.376 e. The number of hydrogen-bond acceptors (Lipinski definition) is 6. The zero-order valence-corrected chi connectivity index (χ0v) is 17.4. The highest BCUT2D eigenvalue weighted by Gasteiger charge is 2.30. The third-order valence-corrected chi connectivity index (χ3v) is 7.65. The van der Waals surface area contributed by atoms with Gasteiger partial charge in [-0.2, -0.15) is 0 Å². The highest BCUT2D eigenvalue weighted by molar-refractivity contribution is 7.19. The minimum absolute atomic E-state index is 0.373. The van der Waals surface area contributed by atoms with Crippen molar-refractivity contribution < 1.29 is 4.74 Å². The van der Waals surface area contributed by atoms with Gasteiger partial charge < -0.3 is 9.64 Å². The van der Waals surface area contributed by atoms with E-state index in [2.05, 4.69) is 16.7 Å². The fourth-order valence-corrected chi connectivity index (χ4v) is 6.39. The summed E-state index contributed by atoms with van der Waals surface area (Å²) in [6.45, 7) is 9.50. The molecule has 0 unspecified atom stereocenters. The van der Waals surface area contributed by atoms with Crippen LogP contribution in [0.3, 0.4) is 0 Å². The van der Waals surface area contributed by atoms with Gasteiger partial charge in [0, 0.05) is 37.1 Å². The molecule has 2 fully saturated rings. The molecule has 5 nitrogen and oxygen atoms in total. The topological polar surface area (TPSA) is 41.5 Å². The molecule has 2 aromatic rings. The van der Waals surface area contributed by atoms with Gasteiger partial charge in [-0.1, -0.05) is 0 Å². The molecule has 0 aromatic carbocycles. The normalized spacial score (nSPS) is 25.1. The van der Waals surface area contributed by atoms with Crippen molar-refractivity contribution in [2.75, 3.05) is 37.7 Å². The van der Waals surface area contributed by atoms with Crippen LogP contribution in [0.2, 0.25) is 0 Å². The number of thiophene rings is 1. The number of fused-ring (bicyclic) bond motifs is 3. The van der Waals surface area contributed by atoms with Crippen LogP contribution >= 0.6 is 11.3 Å². The van der Waals surface area contributed by atoms with Crippen molar-refractivity contribution in [3.8, 4) is 0 Å². The Bertz CT molecular complexity index is 827. The zero-order chi connectivity index (χ0) is 18.4. The van der Waals surface area contributed by atoms with E-state index in [9.17, 15) is 0 Å². The smallest absolute Gasteiger partial charge is 0.141 e. The molecular weight excluding hydrogens is 356 g/mol. The van der Waals surface area contributed by atoms with E-state index in [0.717, 1.165) is 38.6 Å². The minimum atomic E-state index is 0.373. The molecule has 1 atom stereocenters. The lowest BCUT2D eigenvalue weighted by molar-refractivity contribution is -0.0373. The third-order valence-electron chi connectivity index (χ3n) is 6.46. The number of piperidine rings is 1. The van der Waals surface area contributed by atoms with Gasteiger partial charge in [0.25, 0.3) is 0 Å². The number of morpholine rings is 1. The molecule has 0 saturated carbocycles. The van der Waals surface area contributed by atoms with Gasteiger partial charge in [0.1, 0.15) is 16.5 Å². The summed E-state index contributed by atoms with van der Waals surface area (Å²) in [5.41, 5.74) is 1.56. The van der Waals surface area contributed by atoms with E-state index in [1.807, 2.05) is 18.3 Å². The molecule has 0 bridgehead atoms. The van der Waals surface area contributed by atoms with E-state index < -0.39 is 0 Å². The Balaban J connectivity index is 1.39. The fraction of sp³-hybridized carbons (Fsp3) is 0.714. The zero-order valence-electron chi connectivity index (χ0n) is 16.5. The van der Waals surface area contributed by atoms with Crippen molar-refractivity contribution in [2.45, 2.75) is 64.5 Å². The monoisotopic (exact) mass is 386 g/mol. The van der Waals surface area contributed by atoms with Gasteiger partial charge in [0.05, 0.1) is 18.1 Å². The maximum absolute atomic E-state index is 5.73. The van der Waals surface area contributed by atoms with Gasteiger partial charge in [-0.25, -0.2) is 9.97 Å². The van der Waals surface area contributed by atoms with Crippen molar-refractivity contribution in [3.05, 3.63) is 16.3 Å². The lowest BCUT2D eigenvalue weighted by Crippen LogP contribution is -2.51. The molecule has 146 valence electrons. The summed E-state index contributed by atoms with van der Waals surface area (Å²) in [6.07, 6.45) is 7.89. The van der Waals surface area contributed by atoms with Crippen LogP contribution < -0.4 is 4.90 Å². The number of nitrogens with zero attached hydrogens (tertiary/aromatic N) is 4. The van der Waals surface area contributed by atoms with Gasteiger partial charge in [-0.3, -0.25) is 4.90 Å². The molecule has 0 amide bonds. The molecule has 0 N–H and O–H groups in total. The Kier molecular flexibility index (Phi) is 4.82. The number of aromatic nitrogens is 2. The second-order valence-corrected chi connectivity index (χ2v) is 9.46. The molecule has 2 saturated heterocycles. The van der Waals surface area contributed by atoms with Gasteiger partial charge in [-0.15, -0.1) is 11.3 Å². The number of anilines is 1. The van der Waals surface area contributed by atoms with Crippen LogP contribution in [-0.4, -0.2) is 59.8 Å². The second kappa shape index (κ2) is 7.30. The maximum Gasteiger partial charge on any atom is 0.141 e. The van der Waals surface area contributed by atoms with Crippen LogP contribution in [0.15, 0.2) is 0 Å². The number of ether oxygens (including phenoxy) is 1. The Hall–Kier alpha value is -1.24. The van der Waals surface area contributed by atoms with Crippen LogP contribution in [-0.2, 0) is 17.6 Å². The molecule has 6 heteroatoms. The number of hydrogen-bond donors (Lipinski definition) is 0. The highest BCUT2D eigenvalue weighted by Crippen LogP contribution is 2.40. The SMILES string of the molecule is Cc1nc(N2CCC(N3CCO[C@@H](C)C3)CC2)c2c3c(sc2n1)CCCC3. The van der Waals surface area contributed by atoms with Crippen molar-refractivity contribution in [3.63, 3.8) is 0 Å². The van der Waals surface area contributed by atoms with E-state index in [1.54, 1.807) is 10.4 Å². The van der Waals surface area contributed by atoms with Crippen LogP contribution in [0.5, 0.6) is 0 Å². The summed E-state index contributed by atoms with van der Waals surface area (Å²) >= 11 is 1.92. The quantitative estimate of drug-likeness (QED) is 0.789. The summed E-state index contributed by atoms with van der Waals surface area (Å²) in [4.78, 5) is 17.7. The summed E-state index contributed by atoms with van der Waals surface area (Å²) in [5, 5.41) is 1.37. The first-order valence-electron chi connectivity index (χ1n) is 10.6. The Morgan fingerprint density at radius 1 is 1.07 bits per heavy atom. The molecular formula is C21H30N4OS. The molecule has 4 heterocycles. The highest BCUT2D eigenvalue weighted by atomic mass is 32.1. The molecule has 3 aliphatic rings. The molecule has 0 radical (unpaired) electrons. The predicted molar refractivity (Wildman–Crippen MR) is 111 cm³/mol. The van der Waals surface area contributed by atoms with Crippen LogP contribution in [0.25, 0.3) is 10.2 Å². The Morgan fingerprint density at radius 3 is 2.70 bits per heavy atom. The lowest BCUT2D eigenvalue weighted by atomic mass is 9.96. The van der Waals surface area contributed by atoms with Crippen molar-refractivity contribution in [1.29, 1.82) is 0 Å². The van der Waals surface area contributed by atoms with Gasteiger partial charge >= 0.3 is 0 Å². The van der Waals surface area contributed by atoms with Gasteiger partial charge in [0.2, 0.25) is 0 Å². The van der Waals surface area contributed by atoms with E-state index in [1.165, 1.54) is 54.6 Å². The first kappa shape index (κ1) is 17.8. The first-order chi connectivity index (χ1) is 13.2. The van der Waals surface area contributed by atoms with Gasteiger partial charge in [-0.05, 0) is 57.9 Å². The van der Waals surface area contributed by atoms with Crippen LogP contribution in [0.4, 0.5) is 5.82 Å². The first-order valence-corrected chi connectivity index (χ1v) is 11.4. The van der Waals surface area contributed by atoms with Crippen molar-refractivity contribution in [2.24, 2.45) is 0 Å². The summed E-state index contributed by atoms with van der Waals surface area (Å²) in [6, 6.07) is 0.697. The van der Waals surface area contributed by atoms with Crippen molar-refractivity contribution >= 4 is 27.4 Å². The maximum atomic E-state index is 5.73. The predicted octanol–water partition coefficient (Wildman–Crippen LogP) is 3.57. The fourth-order valence-electron chi connectivity index (χ4n) is 5.09. The van der Waals surface area contributed by atoms with Crippen LogP contribution in [0, 0.1) is 6.92 Å². The third kappa shape index (κ3) is 3.36. The minimum Gasteiger partial charge on any atom is -0.376 e. The summed E-state index contributed by atoms with van der Waals surface area (Å²) < 4.78 is 5.73. The van der Waals surface area contributed by atoms with E-state index in [0.29, 0.717) is 12.1 Å². The molecule has 5 rings (SSSR count). The summed E-state index contributed by atoms with van der Waals surface area (Å²) in [5.74, 6) is 2.13. The lowest BCUT2D eigenvalue weighted by Gasteiger charge is -2.42. The summed E-state index contributed by atoms with van der Waals surface area (Å²) in [7, 11) is 0. The molecule has 2 aliphatic heterocycles. The van der Waals surface area contributed by atoms with Crippen LogP contribution in [0.1, 0.15) is 48.9 Å². The Labute approximate surface area is 165 Å². The number of rotatable bonds is 2. The second-order valence-electron chi connectivity index (χ2n) is 8.38. The van der Waals surface area contributed by atoms with Gasteiger partial charge in [0.15, 0.2) is 0 Å². The average Bonchev–Trinajstić information content (AvgIpc) is 3.05. The molecule has 2 aromatic heterocycles. The van der Waals surface area contributed by atoms with E-state index >= 15 is 0 Å². The van der Waals surface area contributed by atoms with Crippen molar-refractivity contribution in [1.82, 2.24) is 14.9 Å². The molecule has 0 spiro atoms. The Morgan fingerprint density at radius 2 is 1.89 bits per heavy atom. The molecule has 27 heavy (non-hydrogen) atoms. The van der Waals surface area contributed by atoms with E-state index in [4.69, 9.17) is 14.7 Å². The number of aryl methyl sites for hydroxylation is 3. The average molecular weight is 387 g/mol. The standard InChI is InChI=1S/C21H30N4OS/c1-14-13-25(11-12-26-14)16-7-9-24(10-8-16)20-19-17-5-3-4-6-18(17)27-21(19)23-15(2)22-20/h14,16H,3-13H2,1-2H3/t14-/m0/s1. The molecule has 1 aliphatic carbocycles.